The summed E-state index contributed by atoms with van der Waals surface area (Å²) >= 11 is 5.93. The molecule has 0 aliphatic rings. The third kappa shape index (κ3) is 4.36. The van der Waals surface area contributed by atoms with Gasteiger partial charge in [0, 0.05) is 27.5 Å². The van der Waals surface area contributed by atoms with E-state index in [0.717, 1.165) is 9.36 Å². The van der Waals surface area contributed by atoms with Gasteiger partial charge in [0.2, 0.25) is 5.82 Å². The summed E-state index contributed by atoms with van der Waals surface area (Å²) in [5.41, 5.74) is 1.47. The molecule has 27 heavy (non-hydrogen) atoms. The standard InChI is InChI=1S/C17H15ClF3N5O/c1-10-6-14(11(2)25(10)9-17(19,20)21)15(27)8-26-23-16(22-24-26)12-4-3-5-13(18)7-12/h3-7H,8-9H2,1-2H3. The molecule has 2 aromatic heterocycles. The molecule has 0 amide bonds. The minimum atomic E-state index is -4.37. The largest absolute Gasteiger partial charge is 0.406 e. The van der Waals surface area contributed by atoms with E-state index in [1.54, 1.807) is 24.3 Å². The van der Waals surface area contributed by atoms with Crippen LogP contribution in [-0.4, -0.2) is 36.7 Å². The Balaban J connectivity index is 1.80. The van der Waals surface area contributed by atoms with Gasteiger partial charge in [-0.1, -0.05) is 23.7 Å². The molecule has 0 saturated carbocycles. The van der Waals surface area contributed by atoms with E-state index < -0.39 is 18.5 Å². The predicted molar refractivity (Wildman–Crippen MR) is 92.6 cm³/mol. The van der Waals surface area contributed by atoms with Crippen molar-refractivity contribution in [2.75, 3.05) is 0 Å². The van der Waals surface area contributed by atoms with Gasteiger partial charge in [0.15, 0.2) is 5.78 Å². The number of halogens is 4. The third-order valence-electron chi connectivity index (χ3n) is 4.03. The van der Waals surface area contributed by atoms with E-state index in [1.165, 1.54) is 19.9 Å². The van der Waals surface area contributed by atoms with Gasteiger partial charge in [0.25, 0.3) is 0 Å². The molecule has 0 aliphatic carbocycles. The zero-order valence-corrected chi connectivity index (χ0v) is 15.2. The van der Waals surface area contributed by atoms with Crippen LogP contribution in [0.2, 0.25) is 5.02 Å². The summed E-state index contributed by atoms with van der Waals surface area (Å²) in [7, 11) is 0. The molecule has 142 valence electrons. The fraction of sp³-hybridized carbons (Fsp3) is 0.294. The van der Waals surface area contributed by atoms with Crippen LogP contribution in [0.25, 0.3) is 11.4 Å². The highest BCUT2D eigenvalue weighted by Crippen LogP contribution is 2.24. The number of hydrogen-bond acceptors (Lipinski definition) is 4. The van der Waals surface area contributed by atoms with Crippen molar-refractivity contribution in [3.63, 3.8) is 0 Å². The Labute approximate surface area is 157 Å². The van der Waals surface area contributed by atoms with Gasteiger partial charge in [-0.05, 0) is 37.3 Å². The zero-order chi connectivity index (χ0) is 19.8. The lowest BCUT2D eigenvalue weighted by Gasteiger charge is -2.12. The first-order valence-electron chi connectivity index (χ1n) is 7.94. The third-order valence-corrected chi connectivity index (χ3v) is 4.27. The van der Waals surface area contributed by atoms with Gasteiger partial charge in [0.1, 0.15) is 13.1 Å². The Morgan fingerprint density at radius 2 is 1.96 bits per heavy atom. The number of benzene rings is 1. The maximum atomic E-state index is 12.7. The minimum Gasteiger partial charge on any atom is -0.339 e. The summed E-state index contributed by atoms with van der Waals surface area (Å²) < 4.78 is 39.2. The highest BCUT2D eigenvalue weighted by Gasteiger charge is 2.30. The topological polar surface area (TPSA) is 65.6 Å². The summed E-state index contributed by atoms with van der Waals surface area (Å²) in [6, 6.07) is 8.29. The SMILES string of the molecule is Cc1cc(C(=O)Cn2nnc(-c3cccc(Cl)c3)n2)c(C)n1CC(F)(F)F. The lowest BCUT2D eigenvalue weighted by Crippen LogP contribution is -2.20. The fourth-order valence-corrected chi connectivity index (χ4v) is 2.96. The van der Waals surface area contributed by atoms with Gasteiger partial charge in [-0.3, -0.25) is 4.79 Å². The smallest absolute Gasteiger partial charge is 0.339 e. The van der Waals surface area contributed by atoms with Crippen LogP contribution in [0.15, 0.2) is 30.3 Å². The summed E-state index contributed by atoms with van der Waals surface area (Å²) in [4.78, 5) is 13.6. The molecule has 0 atom stereocenters. The van der Waals surface area contributed by atoms with E-state index in [9.17, 15) is 18.0 Å². The first kappa shape index (κ1) is 19.1. The zero-order valence-electron chi connectivity index (χ0n) is 14.5. The number of ketones is 1. The van der Waals surface area contributed by atoms with E-state index >= 15 is 0 Å². The molecule has 2 heterocycles. The first-order valence-corrected chi connectivity index (χ1v) is 8.32. The van der Waals surface area contributed by atoms with E-state index in [2.05, 4.69) is 15.4 Å². The van der Waals surface area contributed by atoms with Crippen molar-refractivity contribution in [1.82, 2.24) is 24.8 Å². The molecule has 6 nitrogen and oxygen atoms in total. The second-order valence-corrected chi connectivity index (χ2v) is 6.50. The van der Waals surface area contributed by atoms with E-state index in [4.69, 9.17) is 11.6 Å². The molecule has 10 heteroatoms. The van der Waals surface area contributed by atoms with Crippen molar-refractivity contribution >= 4 is 17.4 Å². The second kappa shape index (κ2) is 7.15. The van der Waals surface area contributed by atoms with Crippen LogP contribution in [0.1, 0.15) is 21.7 Å². The average Bonchev–Trinajstić information content (AvgIpc) is 3.14. The summed E-state index contributed by atoms with van der Waals surface area (Å²) in [5, 5.41) is 12.4. The predicted octanol–water partition coefficient (Wildman–Crippen LogP) is 3.86. The second-order valence-electron chi connectivity index (χ2n) is 6.06. The van der Waals surface area contributed by atoms with Gasteiger partial charge in [-0.25, -0.2) is 0 Å². The van der Waals surface area contributed by atoms with Crippen molar-refractivity contribution < 1.29 is 18.0 Å². The molecular formula is C17H15ClF3N5O. The highest BCUT2D eigenvalue weighted by molar-refractivity contribution is 6.30. The lowest BCUT2D eigenvalue weighted by atomic mass is 10.1. The van der Waals surface area contributed by atoms with Crippen molar-refractivity contribution in [3.05, 3.63) is 52.3 Å². The molecule has 0 unspecified atom stereocenters. The van der Waals surface area contributed by atoms with Crippen LogP contribution in [0, 0.1) is 13.8 Å². The molecule has 0 bridgehead atoms. The van der Waals surface area contributed by atoms with Crippen molar-refractivity contribution in [1.29, 1.82) is 0 Å². The Kier molecular flexibility index (Phi) is 5.05. The molecule has 0 aliphatic heterocycles. The number of carbonyl (C=O) groups is 1. The van der Waals surface area contributed by atoms with E-state index in [0.29, 0.717) is 22.1 Å². The van der Waals surface area contributed by atoms with Crippen LogP contribution in [-0.2, 0) is 13.1 Å². The normalized spacial score (nSPS) is 11.8. The molecule has 1 aromatic carbocycles. The molecule has 0 saturated heterocycles. The Hall–Kier alpha value is -2.68. The quantitative estimate of drug-likeness (QED) is 0.613. The maximum absolute atomic E-state index is 12.7. The van der Waals surface area contributed by atoms with Crippen molar-refractivity contribution in [3.8, 4) is 11.4 Å². The van der Waals surface area contributed by atoms with Crippen LogP contribution >= 0.6 is 11.6 Å². The van der Waals surface area contributed by atoms with Gasteiger partial charge >= 0.3 is 6.18 Å². The summed E-state index contributed by atoms with van der Waals surface area (Å²) in [6.07, 6.45) is -4.37. The van der Waals surface area contributed by atoms with Crippen molar-refractivity contribution in [2.45, 2.75) is 33.1 Å². The molecule has 3 rings (SSSR count). The molecular weight excluding hydrogens is 383 g/mol. The number of nitrogens with zero attached hydrogens (tertiary/aromatic N) is 5. The summed E-state index contributed by atoms with van der Waals surface area (Å²) in [5.74, 6) is -0.0978. The fourth-order valence-electron chi connectivity index (χ4n) is 2.77. The monoisotopic (exact) mass is 397 g/mol. The molecule has 0 radical (unpaired) electrons. The number of aryl methyl sites for hydroxylation is 1. The van der Waals surface area contributed by atoms with Crippen molar-refractivity contribution in [2.24, 2.45) is 0 Å². The number of tetrazole rings is 1. The maximum Gasteiger partial charge on any atom is 0.406 e. The molecule has 0 fully saturated rings. The number of rotatable bonds is 5. The number of aromatic nitrogens is 5. The highest BCUT2D eigenvalue weighted by atomic mass is 35.5. The van der Waals surface area contributed by atoms with Crippen LogP contribution in [0.4, 0.5) is 13.2 Å². The van der Waals surface area contributed by atoms with Crippen LogP contribution in [0.5, 0.6) is 0 Å². The molecule has 3 aromatic rings. The van der Waals surface area contributed by atoms with E-state index in [-0.39, 0.29) is 17.8 Å². The number of carbonyl (C=O) groups excluding carboxylic acids is 1. The van der Waals surface area contributed by atoms with E-state index in [1.807, 2.05) is 0 Å². The molecule has 0 N–H and O–H groups in total. The first-order chi connectivity index (χ1) is 12.6. The summed E-state index contributed by atoms with van der Waals surface area (Å²) in [6.45, 7) is 1.64. The lowest BCUT2D eigenvalue weighted by molar-refractivity contribution is -0.141. The Bertz CT molecular complexity index is 993. The average molecular weight is 398 g/mol. The number of hydrogen-bond donors (Lipinski definition) is 0. The van der Waals surface area contributed by atoms with Gasteiger partial charge in [-0.2, -0.15) is 18.0 Å². The minimum absolute atomic E-state index is 0.207. The van der Waals surface area contributed by atoms with Gasteiger partial charge < -0.3 is 4.57 Å². The van der Waals surface area contributed by atoms with Gasteiger partial charge in [0.05, 0.1) is 0 Å². The molecule has 0 spiro atoms. The van der Waals surface area contributed by atoms with Crippen LogP contribution in [0.3, 0.4) is 0 Å². The van der Waals surface area contributed by atoms with Crippen LogP contribution < -0.4 is 0 Å². The number of alkyl halides is 3. The van der Waals surface area contributed by atoms with Gasteiger partial charge in [-0.15, -0.1) is 10.2 Å². The Morgan fingerprint density at radius 3 is 2.63 bits per heavy atom. The number of Topliss-reactive ketones (excluding diaryl/α,β-unsaturated/α-hetero) is 1. The Morgan fingerprint density at radius 1 is 1.22 bits per heavy atom.